The van der Waals surface area contributed by atoms with E-state index in [-0.39, 0.29) is 22.8 Å². The smallest absolute Gasteiger partial charge is 0.167 e. The number of rotatable bonds is 8. The summed E-state index contributed by atoms with van der Waals surface area (Å²) in [5.74, 6) is 0.851. The maximum Gasteiger partial charge on any atom is 0.167 e. The fraction of sp³-hybridized carbons (Fsp3) is 0.242. The Morgan fingerprint density at radius 1 is 0.923 bits per heavy atom. The topological polar surface area (TPSA) is 73.3 Å². The fourth-order valence-corrected chi connectivity index (χ4v) is 5.33. The molecule has 0 bridgehead atoms. The minimum atomic E-state index is -0.353. The second-order valence-electron chi connectivity index (χ2n) is 10.5. The number of fused-ring (bicyclic) bond motifs is 1. The average molecular weight is 522 g/mol. The van der Waals surface area contributed by atoms with Gasteiger partial charge in [0.15, 0.2) is 11.6 Å². The van der Waals surface area contributed by atoms with E-state index >= 15 is 0 Å². The van der Waals surface area contributed by atoms with Crippen LogP contribution in [0.1, 0.15) is 70.3 Å². The molecule has 2 heterocycles. The lowest BCUT2D eigenvalue weighted by Gasteiger charge is -2.13. The van der Waals surface area contributed by atoms with Crippen LogP contribution in [0.2, 0.25) is 0 Å². The minimum absolute atomic E-state index is 0.0521. The first-order valence-electron chi connectivity index (χ1n) is 13.2. The van der Waals surface area contributed by atoms with Crippen molar-refractivity contribution in [3.05, 3.63) is 101 Å². The molecular formula is C33H28FNO4. The molecule has 0 atom stereocenters. The van der Waals surface area contributed by atoms with Gasteiger partial charge in [-0.25, -0.2) is 4.39 Å². The molecule has 1 aliphatic carbocycles. The van der Waals surface area contributed by atoms with Gasteiger partial charge >= 0.3 is 0 Å². The first kappa shape index (κ1) is 25.0. The number of furan rings is 1. The Labute approximate surface area is 225 Å². The lowest BCUT2D eigenvalue weighted by Crippen LogP contribution is -2.14. The van der Waals surface area contributed by atoms with Crippen molar-refractivity contribution in [3.63, 3.8) is 0 Å². The largest absolute Gasteiger partial charge is 0.455 e. The molecule has 6 rings (SSSR count). The van der Waals surface area contributed by atoms with Crippen molar-refractivity contribution >= 4 is 22.5 Å². The van der Waals surface area contributed by atoms with E-state index in [4.69, 9.17) is 8.94 Å². The summed E-state index contributed by atoms with van der Waals surface area (Å²) in [4.78, 5) is 26.5. The summed E-state index contributed by atoms with van der Waals surface area (Å²) in [6.45, 7) is 5.68. The van der Waals surface area contributed by atoms with Crippen LogP contribution in [0.25, 0.3) is 33.4 Å². The normalized spacial score (nSPS) is 14.1. The molecule has 1 fully saturated rings. The zero-order valence-electron chi connectivity index (χ0n) is 22.1. The van der Waals surface area contributed by atoms with E-state index in [1.165, 1.54) is 12.1 Å². The van der Waals surface area contributed by atoms with Gasteiger partial charge in [0.2, 0.25) is 0 Å². The van der Waals surface area contributed by atoms with Crippen molar-refractivity contribution in [3.8, 4) is 22.5 Å². The SMILES string of the molecule is CCC(=O)c1c(-c2ccc(F)cc2)oc2ccc(-c3cc(C(=O)CC4(c5cc(C)on5)CC4)ccc3C)cc12. The molecule has 0 aliphatic heterocycles. The molecule has 0 radical (unpaired) electrons. The number of benzene rings is 3. The minimum Gasteiger partial charge on any atom is -0.455 e. The van der Waals surface area contributed by atoms with E-state index in [1.807, 2.05) is 63.2 Å². The molecule has 2 aromatic heterocycles. The maximum absolute atomic E-state index is 13.6. The van der Waals surface area contributed by atoms with Gasteiger partial charge in [0, 0.05) is 40.8 Å². The van der Waals surface area contributed by atoms with Gasteiger partial charge < -0.3 is 8.94 Å². The molecule has 0 unspecified atom stereocenters. The Morgan fingerprint density at radius 2 is 1.67 bits per heavy atom. The quantitative estimate of drug-likeness (QED) is 0.192. The van der Waals surface area contributed by atoms with Crippen molar-refractivity contribution in [1.82, 2.24) is 5.16 Å². The number of aromatic nitrogens is 1. The number of carbonyl (C=O) groups excluding carboxylic acids is 2. The maximum atomic E-state index is 13.6. The third-order valence-corrected chi connectivity index (χ3v) is 7.79. The number of hydrogen-bond donors (Lipinski definition) is 0. The first-order chi connectivity index (χ1) is 18.8. The van der Waals surface area contributed by atoms with Crippen LogP contribution in [0.3, 0.4) is 0 Å². The second-order valence-corrected chi connectivity index (χ2v) is 10.5. The highest BCUT2D eigenvalue weighted by Gasteiger charge is 2.48. The molecule has 39 heavy (non-hydrogen) atoms. The van der Waals surface area contributed by atoms with Crippen LogP contribution in [-0.2, 0) is 5.41 Å². The lowest BCUT2D eigenvalue weighted by molar-refractivity contribution is 0.0966. The van der Waals surface area contributed by atoms with Crippen molar-refractivity contribution in [2.75, 3.05) is 0 Å². The van der Waals surface area contributed by atoms with Crippen molar-refractivity contribution in [2.45, 2.75) is 51.9 Å². The summed E-state index contributed by atoms with van der Waals surface area (Å²) in [6, 6.07) is 19.4. The van der Waals surface area contributed by atoms with Crippen molar-refractivity contribution < 1.29 is 22.9 Å². The monoisotopic (exact) mass is 521 g/mol. The summed E-state index contributed by atoms with van der Waals surface area (Å²) in [7, 11) is 0. The van der Waals surface area contributed by atoms with Crippen LogP contribution in [-0.4, -0.2) is 16.7 Å². The highest BCUT2D eigenvalue weighted by atomic mass is 19.1. The van der Waals surface area contributed by atoms with Gasteiger partial charge in [0.1, 0.15) is 22.9 Å². The Hall–Kier alpha value is -4.32. The van der Waals surface area contributed by atoms with Crippen LogP contribution < -0.4 is 0 Å². The summed E-state index contributed by atoms with van der Waals surface area (Å²) >= 11 is 0. The van der Waals surface area contributed by atoms with Crippen molar-refractivity contribution in [1.29, 1.82) is 0 Å². The van der Waals surface area contributed by atoms with E-state index in [1.54, 1.807) is 12.1 Å². The zero-order chi connectivity index (χ0) is 27.3. The number of carbonyl (C=O) groups is 2. The summed E-state index contributed by atoms with van der Waals surface area (Å²) < 4.78 is 24.9. The van der Waals surface area contributed by atoms with Gasteiger partial charge in [-0.05, 0) is 85.8 Å². The molecule has 5 nitrogen and oxygen atoms in total. The Bertz CT molecular complexity index is 1740. The van der Waals surface area contributed by atoms with E-state index in [9.17, 15) is 14.0 Å². The summed E-state index contributed by atoms with van der Waals surface area (Å²) in [5, 5.41) is 4.88. The number of halogens is 1. The van der Waals surface area contributed by atoms with Crippen LogP contribution in [0.5, 0.6) is 0 Å². The van der Waals surface area contributed by atoms with E-state index in [0.29, 0.717) is 46.3 Å². The van der Waals surface area contributed by atoms with Crippen LogP contribution in [0.4, 0.5) is 4.39 Å². The molecule has 1 aliphatic rings. The Balaban J connectivity index is 1.38. The Kier molecular flexibility index (Phi) is 6.06. The van der Waals surface area contributed by atoms with Crippen LogP contribution >= 0.6 is 0 Å². The van der Waals surface area contributed by atoms with Crippen LogP contribution in [0.15, 0.2) is 75.7 Å². The predicted molar refractivity (Wildman–Crippen MR) is 148 cm³/mol. The predicted octanol–water partition coefficient (Wildman–Crippen LogP) is 8.41. The molecule has 0 spiro atoms. The van der Waals surface area contributed by atoms with Gasteiger partial charge in [-0.2, -0.15) is 0 Å². The van der Waals surface area contributed by atoms with Gasteiger partial charge in [-0.3, -0.25) is 9.59 Å². The molecule has 3 aromatic carbocycles. The van der Waals surface area contributed by atoms with E-state index in [2.05, 4.69) is 5.16 Å². The number of hydrogen-bond acceptors (Lipinski definition) is 5. The average Bonchev–Trinajstić information content (AvgIpc) is 3.40. The fourth-order valence-electron chi connectivity index (χ4n) is 5.33. The molecule has 0 N–H and O–H groups in total. The van der Waals surface area contributed by atoms with Gasteiger partial charge in [0.25, 0.3) is 0 Å². The highest BCUT2D eigenvalue weighted by molar-refractivity contribution is 6.12. The number of ketones is 2. The third kappa shape index (κ3) is 4.50. The van der Waals surface area contributed by atoms with Gasteiger partial charge in [-0.15, -0.1) is 0 Å². The summed E-state index contributed by atoms with van der Waals surface area (Å²) in [6.07, 6.45) is 2.54. The van der Waals surface area contributed by atoms with E-state index in [0.717, 1.165) is 41.0 Å². The molecule has 0 amide bonds. The van der Waals surface area contributed by atoms with Crippen molar-refractivity contribution in [2.24, 2.45) is 0 Å². The van der Waals surface area contributed by atoms with Gasteiger partial charge in [0.05, 0.1) is 11.3 Å². The Morgan fingerprint density at radius 3 is 2.33 bits per heavy atom. The van der Waals surface area contributed by atoms with Gasteiger partial charge in [-0.1, -0.05) is 30.3 Å². The first-order valence-corrected chi connectivity index (χ1v) is 13.2. The van der Waals surface area contributed by atoms with E-state index < -0.39 is 0 Å². The third-order valence-electron chi connectivity index (χ3n) is 7.79. The zero-order valence-corrected chi connectivity index (χ0v) is 22.1. The molecule has 0 saturated heterocycles. The second kappa shape index (κ2) is 9.45. The number of Topliss-reactive ketones (excluding diaryl/α,β-unsaturated/α-hetero) is 2. The van der Waals surface area contributed by atoms with Crippen LogP contribution in [0, 0.1) is 19.7 Å². The molecular weight excluding hydrogens is 493 g/mol. The molecule has 5 aromatic rings. The molecule has 1 saturated carbocycles. The lowest BCUT2D eigenvalue weighted by atomic mass is 9.90. The summed E-state index contributed by atoms with van der Waals surface area (Å²) in [5.41, 5.74) is 5.81. The molecule has 6 heteroatoms. The highest BCUT2D eigenvalue weighted by Crippen LogP contribution is 2.51. The standard InChI is InChI=1S/C33H28FNO4/c1-4-27(36)31-26-16-22(9-12-29(26)38-32(31)21-7-10-24(34)11-8-21)25-17-23(6-5-19(25)2)28(37)18-33(13-14-33)30-15-20(3)39-35-30/h5-12,15-17H,4,13-14,18H2,1-3H3. The number of nitrogens with zero attached hydrogens (tertiary/aromatic N) is 1. The number of aryl methyl sites for hydroxylation is 2. The molecule has 196 valence electrons.